The molecular formula is C32H44FN5O4. The van der Waals surface area contributed by atoms with E-state index in [9.17, 15) is 14.0 Å². The number of nitrogens with zero attached hydrogens (tertiary/aromatic N) is 4. The van der Waals surface area contributed by atoms with Crippen LogP contribution in [0.25, 0.3) is 11.3 Å². The van der Waals surface area contributed by atoms with Gasteiger partial charge in [0.25, 0.3) is 0 Å². The SMILES string of the molecule is Cn1c([C@@H]2CCN(C(=O)OC(C)(C)C)C(C)(C)C2)nc2c1C1(CCN(C(=O)NCC3CC3)CC1)Oc1ccc(F)cc1-2. The van der Waals surface area contributed by atoms with Crippen molar-refractivity contribution in [3.8, 4) is 17.0 Å². The summed E-state index contributed by atoms with van der Waals surface area (Å²) in [6.45, 7) is 12.2. The number of hydrogen-bond acceptors (Lipinski definition) is 5. The van der Waals surface area contributed by atoms with E-state index in [1.54, 1.807) is 6.07 Å². The zero-order valence-corrected chi connectivity index (χ0v) is 25.8. The first kappa shape index (κ1) is 28.8. The van der Waals surface area contributed by atoms with Crippen molar-refractivity contribution < 1.29 is 23.5 Å². The molecule has 0 bridgehead atoms. The van der Waals surface area contributed by atoms with E-state index < -0.39 is 16.7 Å². The minimum absolute atomic E-state index is 0.0140. The molecule has 1 spiro atoms. The summed E-state index contributed by atoms with van der Waals surface area (Å²) >= 11 is 0. The van der Waals surface area contributed by atoms with Gasteiger partial charge in [0.2, 0.25) is 0 Å². The van der Waals surface area contributed by atoms with Gasteiger partial charge in [-0.05, 0) is 84.4 Å². The van der Waals surface area contributed by atoms with Crippen LogP contribution in [0.2, 0.25) is 0 Å². The Hall–Kier alpha value is -3.30. The van der Waals surface area contributed by atoms with E-state index in [2.05, 4.69) is 23.7 Å². The van der Waals surface area contributed by atoms with E-state index in [0.29, 0.717) is 49.7 Å². The molecule has 228 valence electrons. The molecule has 2 aromatic rings. The smallest absolute Gasteiger partial charge is 0.410 e. The van der Waals surface area contributed by atoms with Crippen LogP contribution in [-0.2, 0) is 17.4 Å². The molecule has 1 aliphatic carbocycles. The largest absolute Gasteiger partial charge is 0.480 e. The monoisotopic (exact) mass is 581 g/mol. The molecule has 3 fully saturated rings. The Morgan fingerprint density at radius 3 is 2.50 bits per heavy atom. The van der Waals surface area contributed by atoms with Crippen molar-refractivity contribution in [3.05, 3.63) is 35.5 Å². The zero-order valence-electron chi connectivity index (χ0n) is 25.8. The number of urea groups is 1. The van der Waals surface area contributed by atoms with Crippen molar-refractivity contribution >= 4 is 12.1 Å². The van der Waals surface area contributed by atoms with Crippen LogP contribution in [0.15, 0.2) is 18.2 Å². The van der Waals surface area contributed by atoms with Crippen molar-refractivity contribution in [2.45, 2.75) is 95.8 Å². The van der Waals surface area contributed by atoms with Gasteiger partial charge in [0, 0.05) is 63.1 Å². The number of amides is 3. The summed E-state index contributed by atoms with van der Waals surface area (Å²) in [5, 5.41) is 3.09. The highest BCUT2D eigenvalue weighted by Gasteiger charge is 2.49. The maximum Gasteiger partial charge on any atom is 0.410 e. The van der Waals surface area contributed by atoms with Crippen LogP contribution in [0.1, 0.15) is 90.6 Å². The third kappa shape index (κ3) is 5.33. The van der Waals surface area contributed by atoms with Gasteiger partial charge in [-0.2, -0.15) is 0 Å². The lowest BCUT2D eigenvalue weighted by molar-refractivity contribution is -0.0101. The second-order valence-corrected chi connectivity index (χ2v) is 14.2. The lowest BCUT2D eigenvalue weighted by atomic mass is 9.82. The van der Waals surface area contributed by atoms with Gasteiger partial charge >= 0.3 is 12.1 Å². The van der Waals surface area contributed by atoms with Crippen LogP contribution in [0.5, 0.6) is 5.75 Å². The lowest BCUT2D eigenvalue weighted by Crippen LogP contribution is -2.54. The summed E-state index contributed by atoms with van der Waals surface area (Å²) in [7, 11) is 2.03. The van der Waals surface area contributed by atoms with Crippen LogP contribution < -0.4 is 10.1 Å². The molecule has 6 rings (SSSR count). The van der Waals surface area contributed by atoms with E-state index in [1.807, 2.05) is 37.6 Å². The number of benzene rings is 1. The molecular weight excluding hydrogens is 537 g/mol. The van der Waals surface area contributed by atoms with Gasteiger partial charge in [0.05, 0.1) is 11.4 Å². The number of fused-ring (bicyclic) bond motifs is 4. The second kappa shape index (κ2) is 10.2. The number of carbonyl (C=O) groups excluding carboxylic acids is 2. The summed E-state index contributed by atoms with van der Waals surface area (Å²) < 4.78 is 29.1. The van der Waals surface area contributed by atoms with Crippen molar-refractivity contribution in [1.82, 2.24) is 24.7 Å². The standard InChI is InChI=1S/C32H44FN5O4/c1-30(2,3)42-29(40)38-14-11-21(18-31(38,4)5)27-35-25-23-17-22(33)9-10-24(23)41-32(26(25)36(27)6)12-15-37(16-13-32)28(39)34-19-20-7-8-20/h9-10,17,20-21H,7-8,11-16,18-19H2,1-6H3,(H,34,39)/t21-/m1/s1. The van der Waals surface area contributed by atoms with Crippen LogP contribution in [0.3, 0.4) is 0 Å². The molecule has 4 heterocycles. The first-order valence-corrected chi connectivity index (χ1v) is 15.4. The average molecular weight is 582 g/mol. The maximum absolute atomic E-state index is 14.5. The predicted octanol–water partition coefficient (Wildman–Crippen LogP) is 5.92. The number of imidazole rings is 1. The molecule has 1 atom stereocenters. The highest BCUT2D eigenvalue weighted by molar-refractivity contribution is 5.75. The van der Waals surface area contributed by atoms with Gasteiger partial charge < -0.3 is 29.2 Å². The van der Waals surface area contributed by atoms with E-state index >= 15 is 0 Å². The number of hydrogen-bond donors (Lipinski definition) is 1. The van der Waals surface area contributed by atoms with Crippen molar-refractivity contribution in [1.29, 1.82) is 0 Å². The minimum Gasteiger partial charge on any atom is -0.480 e. The lowest BCUT2D eigenvalue weighted by Gasteiger charge is -2.46. The number of nitrogens with one attached hydrogen (secondary N) is 1. The van der Waals surface area contributed by atoms with E-state index in [1.165, 1.54) is 25.0 Å². The molecule has 3 amide bonds. The number of aromatic nitrogens is 2. The quantitative estimate of drug-likeness (QED) is 0.486. The number of halogens is 1. The highest BCUT2D eigenvalue weighted by Crippen LogP contribution is 2.51. The van der Waals surface area contributed by atoms with Gasteiger partial charge in [-0.15, -0.1) is 0 Å². The Labute approximate surface area is 247 Å². The maximum atomic E-state index is 14.5. The first-order valence-electron chi connectivity index (χ1n) is 15.4. The number of carbonyl (C=O) groups is 2. The molecule has 1 aromatic carbocycles. The van der Waals surface area contributed by atoms with Crippen LogP contribution in [0, 0.1) is 11.7 Å². The Balaban J connectivity index is 1.29. The van der Waals surface area contributed by atoms with E-state index in [0.717, 1.165) is 36.6 Å². The number of piperidine rings is 2. The Morgan fingerprint density at radius 1 is 1.14 bits per heavy atom. The van der Waals surface area contributed by atoms with Gasteiger partial charge in [0.15, 0.2) is 5.60 Å². The number of ether oxygens (including phenoxy) is 2. The zero-order chi connectivity index (χ0) is 30.0. The fourth-order valence-electron chi connectivity index (χ4n) is 6.98. The van der Waals surface area contributed by atoms with Crippen LogP contribution in [-0.4, -0.2) is 68.8 Å². The van der Waals surface area contributed by atoms with Crippen molar-refractivity contribution in [3.63, 3.8) is 0 Å². The summed E-state index contributed by atoms with van der Waals surface area (Å²) in [4.78, 5) is 34.8. The molecule has 1 aromatic heterocycles. The van der Waals surface area contributed by atoms with Gasteiger partial charge in [-0.3, -0.25) is 0 Å². The minimum atomic E-state index is -0.666. The van der Waals surface area contributed by atoms with Gasteiger partial charge in [-0.1, -0.05) is 0 Å². The fraction of sp³-hybridized carbons (Fsp3) is 0.656. The molecule has 10 heteroatoms. The molecule has 4 aliphatic rings. The first-order chi connectivity index (χ1) is 19.8. The molecule has 9 nitrogen and oxygen atoms in total. The Morgan fingerprint density at radius 2 is 1.86 bits per heavy atom. The average Bonchev–Trinajstić information content (AvgIpc) is 3.67. The normalized spacial score (nSPS) is 22.7. The molecule has 42 heavy (non-hydrogen) atoms. The molecule has 0 radical (unpaired) electrons. The van der Waals surface area contributed by atoms with Crippen molar-refractivity contribution in [2.75, 3.05) is 26.2 Å². The van der Waals surface area contributed by atoms with E-state index in [-0.39, 0.29) is 23.9 Å². The van der Waals surface area contributed by atoms with E-state index in [4.69, 9.17) is 14.5 Å². The molecule has 3 aliphatic heterocycles. The van der Waals surface area contributed by atoms with Gasteiger partial charge in [0.1, 0.15) is 23.0 Å². The summed E-state index contributed by atoms with van der Waals surface area (Å²) in [6, 6.07) is 4.62. The molecule has 2 saturated heterocycles. The molecule has 1 N–H and O–H groups in total. The molecule has 0 unspecified atom stereocenters. The third-order valence-electron chi connectivity index (χ3n) is 9.32. The topological polar surface area (TPSA) is 88.9 Å². The second-order valence-electron chi connectivity index (χ2n) is 14.2. The predicted molar refractivity (Wildman–Crippen MR) is 157 cm³/mol. The van der Waals surface area contributed by atoms with Crippen molar-refractivity contribution in [2.24, 2.45) is 13.0 Å². The van der Waals surface area contributed by atoms with Crippen LogP contribution in [0.4, 0.5) is 14.0 Å². The number of likely N-dealkylation sites (tertiary alicyclic amines) is 2. The Kier molecular flexibility index (Phi) is 6.97. The van der Waals surface area contributed by atoms with Crippen LogP contribution >= 0.6 is 0 Å². The molecule has 1 saturated carbocycles. The summed E-state index contributed by atoms with van der Waals surface area (Å²) in [5.41, 5.74) is 0.698. The fourth-order valence-corrected chi connectivity index (χ4v) is 6.98. The number of rotatable bonds is 3. The Bertz CT molecular complexity index is 1380. The summed E-state index contributed by atoms with van der Waals surface area (Å²) in [5.74, 6) is 1.93. The van der Waals surface area contributed by atoms with Gasteiger partial charge in [-0.25, -0.2) is 19.0 Å². The third-order valence-corrected chi connectivity index (χ3v) is 9.32. The highest BCUT2D eigenvalue weighted by atomic mass is 19.1. The summed E-state index contributed by atoms with van der Waals surface area (Å²) in [6.07, 6.45) is 4.79.